The average molecular weight is 361 g/mol. The molecule has 1 atom stereocenters. The largest absolute Gasteiger partial charge is 0.383 e. The highest BCUT2D eigenvalue weighted by Gasteiger charge is 2.35. The summed E-state index contributed by atoms with van der Waals surface area (Å²) in [5.41, 5.74) is 0.546. The van der Waals surface area contributed by atoms with Crippen LogP contribution < -0.4 is 0 Å². The number of hydrogen-bond acceptors (Lipinski definition) is 2. The first-order valence-corrected chi connectivity index (χ1v) is 7.97. The molecule has 0 heterocycles. The first kappa shape index (κ1) is 15.8. The lowest BCUT2D eigenvalue weighted by molar-refractivity contribution is 0.0595. The maximum absolute atomic E-state index is 12.8. The van der Waals surface area contributed by atoms with Gasteiger partial charge in [-0.15, -0.1) is 0 Å². The number of halogens is 2. The Kier molecular flexibility index (Phi) is 5.47. The van der Waals surface area contributed by atoms with Crippen LogP contribution in [0.2, 0.25) is 5.02 Å². The molecule has 0 saturated heterocycles. The summed E-state index contributed by atoms with van der Waals surface area (Å²) in [6.07, 6.45) is 2.40. The number of benzene rings is 1. The van der Waals surface area contributed by atoms with Crippen molar-refractivity contribution < 1.29 is 9.53 Å². The van der Waals surface area contributed by atoms with Gasteiger partial charge < -0.3 is 9.64 Å². The molecule has 1 aliphatic carbocycles. The molecular formula is C15H19BrClNO2. The molecule has 5 heteroatoms. The van der Waals surface area contributed by atoms with Crippen molar-refractivity contribution >= 4 is 33.4 Å². The molecule has 1 unspecified atom stereocenters. The van der Waals surface area contributed by atoms with Crippen molar-refractivity contribution in [3.8, 4) is 0 Å². The van der Waals surface area contributed by atoms with E-state index in [9.17, 15) is 4.79 Å². The van der Waals surface area contributed by atoms with Crippen LogP contribution >= 0.6 is 27.5 Å². The standard InChI is InChI=1S/C15H19BrClNO2/c1-10(11-6-7-11)18(8-9-20-2)15(19)12-4-3-5-13(16)14(12)17/h3-5,10-11H,6-9H2,1-2H3. The van der Waals surface area contributed by atoms with E-state index in [0.717, 1.165) is 4.47 Å². The van der Waals surface area contributed by atoms with E-state index in [2.05, 4.69) is 22.9 Å². The van der Waals surface area contributed by atoms with Gasteiger partial charge in [-0.05, 0) is 53.7 Å². The lowest BCUT2D eigenvalue weighted by atomic mass is 10.1. The molecule has 0 radical (unpaired) electrons. The monoisotopic (exact) mass is 359 g/mol. The molecule has 1 amide bonds. The summed E-state index contributed by atoms with van der Waals surface area (Å²) in [5.74, 6) is 0.592. The molecule has 3 nitrogen and oxygen atoms in total. The first-order chi connectivity index (χ1) is 9.56. The second kappa shape index (κ2) is 6.92. The molecular weight excluding hydrogens is 342 g/mol. The van der Waals surface area contributed by atoms with Crippen molar-refractivity contribution in [2.45, 2.75) is 25.8 Å². The molecule has 0 aromatic heterocycles. The minimum Gasteiger partial charge on any atom is -0.383 e. The van der Waals surface area contributed by atoms with E-state index in [1.165, 1.54) is 12.8 Å². The third-order valence-corrected chi connectivity index (χ3v) is 5.07. The van der Waals surface area contributed by atoms with Gasteiger partial charge in [-0.2, -0.15) is 0 Å². The SMILES string of the molecule is COCCN(C(=O)c1cccc(Br)c1Cl)C(C)C1CC1. The van der Waals surface area contributed by atoms with Crippen molar-refractivity contribution in [2.75, 3.05) is 20.3 Å². The Hall–Kier alpha value is -0.580. The highest BCUT2D eigenvalue weighted by Crippen LogP contribution is 2.36. The number of ether oxygens (including phenoxy) is 1. The Bertz CT molecular complexity index is 491. The van der Waals surface area contributed by atoms with Gasteiger partial charge in [0.2, 0.25) is 0 Å². The van der Waals surface area contributed by atoms with Crippen molar-refractivity contribution in [2.24, 2.45) is 5.92 Å². The Balaban J connectivity index is 2.22. The second-order valence-corrected chi connectivity index (χ2v) is 6.40. The lowest BCUT2D eigenvalue weighted by Crippen LogP contribution is -2.42. The Labute approximate surface area is 133 Å². The molecule has 1 fully saturated rings. The van der Waals surface area contributed by atoms with E-state index in [1.54, 1.807) is 13.2 Å². The van der Waals surface area contributed by atoms with Crippen LogP contribution in [0.25, 0.3) is 0 Å². The average Bonchev–Trinajstić information content (AvgIpc) is 3.26. The first-order valence-electron chi connectivity index (χ1n) is 6.80. The van der Waals surface area contributed by atoms with Crippen LogP contribution in [-0.2, 0) is 4.74 Å². The fraction of sp³-hybridized carbons (Fsp3) is 0.533. The van der Waals surface area contributed by atoms with Gasteiger partial charge in [0.1, 0.15) is 0 Å². The zero-order valence-electron chi connectivity index (χ0n) is 11.7. The van der Waals surface area contributed by atoms with Crippen LogP contribution in [0.5, 0.6) is 0 Å². The van der Waals surface area contributed by atoms with Crippen LogP contribution in [0.4, 0.5) is 0 Å². The fourth-order valence-corrected chi connectivity index (χ4v) is 2.91. The smallest absolute Gasteiger partial charge is 0.255 e. The van der Waals surface area contributed by atoms with E-state index < -0.39 is 0 Å². The van der Waals surface area contributed by atoms with E-state index in [1.807, 2.05) is 17.0 Å². The second-order valence-electron chi connectivity index (χ2n) is 5.17. The summed E-state index contributed by atoms with van der Waals surface area (Å²) in [6, 6.07) is 5.67. The predicted molar refractivity (Wildman–Crippen MR) is 84.3 cm³/mol. The third-order valence-electron chi connectivity index (χ3n) is 3.78. The van der Waals surface area contributed by atoms with Crippen LogP contribution in [0.15, 0.2) is 22.7 Å². The minimum atomic E-state index is -0.0206. The molecule has 20 heavy (non-hydrogen) atoms. The van der Waals surface area contributed by atoms with Gasteiger partial charge in [0.15, 0.2) is 0 Å². The summed E-state index contributed by atoms with van der Waals surface area (Å²) in [6.45, 7) is 3.24. The minimum absolute atomic E-state index is 0.0206. The molecule has 0 spiro atoms. The van der Waals surface area contributed by atoms with Crippen LogP contribution in [0, 0.1) is 5.92 Å². The molecule has 1 aliphatic rings. The number of methoxy groups -OCH3 is 1. The molecule has 0 aliphatic heterocycles. The summed E-state index contributed by atoms with van der Waals surface area (Å²) in [7, 11) is 1.65. The predicted octanol–water partition coefficient (Wildman–Crippen LogP) is 3.99. The quantitative estimate of drug-likeness (QED) is 0.767. The highest BCUT2D eigenvalue weighted by molar-refractivity contribution is 9.10. The number of carbonyl (C=O) groups excluding carboxylic acids is 1. The van der Waals surface area contributed by atoms with Gasteiger partial charge in [-0.1, -0.05) is 17.7 Å². The Morgan fingerprint density at radius 1 is 1.55 bits per heavy atom. The maximum atomic E-state index is 12.8. The van der Waals surface area contributed by atoms with E-state index in [-0.39, 0.29) is 11.9 Å². The van der Waals surface area contributed by atoms with Crippen molar-refractivity contribution in [1.82, 2.24) is 4.90 Å². The van der Waals surface area contributed by atoms with E-state index in [0.29, 0.717) is 29.7 Å². The molecule has 1 saturated carbocycles. The fourth-order valence-electron chi connectivity index (χ4n) is 2.34. The highest BCUT2D eigenvalue weighted by atomic mass is 79.9. The van der Waals surface area contributed by atoms with Gasteiger partial charge in [0, 0.05) is 24.2 Å². The summed E-state index contributed by atoms with van der Waals surface area (Å²) in [5, 5.41) is 0.475. The van der Waals surface area contributed by atoms with Gasteiger partial charge in [-0.25, -0.2) is 0 Å². The van der Waals surface area contributed by atoms with Crippen LogP contribution in [-0.4, -0.2) is 37.1 Å². The van der Waals surface area contributed by atoms with E-state index >= 15 is 0 Å². The Morgan fingerprint density at radius 2 is 2.25 bits per heavy atom. The van der Waals surface area contributed by atoms with Gasteiger partial charge in [-0.3, -0.25) is 4.79 Å². The maximum Gasteiger partial charge on any atom is 0.255 e. The van der Waals surface area contributed by atoms with Gasteiger partial charge >= 0.3 is 0 Å². The van der Waals surface area contributed by atoms with Crippen LogP contribution in [0.1, 0.15) is 30.1 Å². The van der Waals surface area contributed by atoms with Crippen molar-refractivity contribution in [3.63, 3.8) is 0 Å². The lowest BCUT2D eigenvalue weighted by Gasteiger charge is -2.29. The molecule has 0 bridgehead atoms. The van der Waals surface area contributed by atoms with Crippen molar-refractivity contribution in [1.29, 1.82) is 0 Å². The molecule has 1 aromatic rings. The van der Waals surface area contributed by atoms with E-state index in [4.69, 9.17) is 16.3 Å². The molecule has 110 valence electrons. The molecule has 2 rings (SSSR count). The van der Waals surface area contributed by atoms with Gasteiger partial charge in [0.25, 0.3) is 5.91 Å². The number of nitrogens with zero attached hydrogens (tertiary/aromatic N) is 1. The third kappa shape index (κ3) is 3.54. The van der Waals surface area contributed by atoms with Crippen LogP contribution in [0.3, 0.4) is 0 Å². The summed E-state index contributed by atoms with van der Waals surface area (Å²) >= 11 is 9.61. The summed E-state index contributed by atoms with van der Waals surface area (Å²) < 4.78 is 5.87. The number of rotatable bonds is 6. The van der Waals surface area contributed by atoms with Crippen molar-refractivity contribution in [3.05, 3.63) is 33.3 Å². The summed E-state index contributed by atoms with van der Waals surface area (Å²) in [4.78, 5) is 14.6. The number of amides is 1. The molecule has 1 aromatic carbocycles. The molecule has 0 N–H and O–H groups in total. The zero-order chi connectivity index (χ0) is 14.7. The normalized spacial score (nSPS) is 16.0. The number of hydrogen-bond donors (Lipinski definition) is 0. The van der Waals surface area contributed by atoms with Gasteiger partial charge in [0.05, 0.1) is 17.2 Å². The topological polar surface area (TPSA) is 29.5 Å². The Morgan fingerprint density at radius 3 is 2.85 bits per heavy atom. The zero-order valence-corrected chi connectivity index (χ0v) is 14.1. The number of carbonyl (C=O) groups is 1.